The number of hydrogen-bond acceptors (Lipinski definition) is 4. The number of nitrogens with two attached hydrogens (primary N) is 1. The van der Waals surface area contributed by atoms with Gasteiger partial charge in [0.2, 0.25) is 0 Å². The first-order valence-electron chi connectivity index (χ1n) is 8.86. The lowest BCUT2D eigenvalue weighted by Crippen LogP contribution is -2.40. The van der Waals surface area contributed by atoms with E-state index in [-0.39, 0.29) is 6.04 Å². The highest BCUT2D eigenvalue weighted by Gasteiger charge is 2.18. The number of para-hydroxylation sites is 2. The second kappa shape index (κ2) is 8.61. The number of nitrogen functional groups attached to an aromatic ring is 1. The minimum Gasteiger partial charge on any atom is -0.444 e. The van der Waals surface area contributed by atoms with Gasteiger partial charge in [0.25, 0.3) is 0 Å². The van der Waals surface area contributed by atoms with Crippen LogP contribution in [0.25, 0.3) is 0 Å². The van der Waals surface area contributed by atoms with Crippen molar-refractivity contribution in [2.75, 3.05) is 17.6 Å². The summed E-state index contributed by atoms with van der Waals surface area (Å²) in [5.41, 5.74) is 9.47. The summed E-state index contributed by atoms with van der Waals surface area (Å²) in [7, 11) is 0. The lowest BCUT2D eigenvalue weighted by Gasteiger charge is -2.24. The molecule has 140 valence electrons. The Bertz CT molecular complexity index is 721. The number of carbonyl (C=O) groups is 1. The Labute approximate surface area is 155 Å². The van der Waals surface area contributed by atoms with Crippen LogP contribution in [-0.2, 0) is 11.2 Å². The minimum absolute atomic E-state index is 0.0186. The van der Waals surface area contributed by atoms with Gasteiger partial charge in [-0.05, 0) is 51.8 Å². The molecule has 0 heterocycles. The number of ether oxygens (including phenoxy) is 1. The zero-order valence-electron chi connectivity index (χ0n) is 16.0. The standard InChI is InChI=1S/C21H29N3O2/c1-15-9-11-16(12-10-15)13-17(14-23-20(25)26-21(2,3)4)24-19-8-6-5-7-18(19)22/h5-12,17,24H,13-14,22H2,1-4H3,(H,23,25). The van der Waals surface area contributed by atoms with E-state index < -0.39 is 11.7 Å². The van der Waals surface area contributed by atoms with Gasteiger partial charge in [-0.15, -0.1) is 0 Å². The molecule has 1 amide bonds. The summed E-state index contributed by atoms with van der Waals surface area (Å²) in [6, 6.07) is 16.0. The number of anilines is 2. The molecule has 5 nitrogen and oxygen atoms in total. The molecule has 0 aromatic heterocycles. The molecule has 2 aromatic rings. The van der Waals surface area contributed by atoms with Crippen LogP contribution in [0.5, 0.6) is 0 Å². The van der Waals surface area contributed by atoms with E-state index in [0.717, 1.165) is 12.1 Å². The van der Waals surface area contributed by atoms with Gasteiger partial charge in [0, 0.05) is 12.6 Å². The van der Waals surface area contributed by atoms with Crippen molar-refractivity contribution in [3.63, 3.8) is 0 Å². The first kappa shape index (κ1) is 19.6. The van der Waals surface area contributed by atoms with Gasteiger partial charge >= 0.3 is 6.09 Å². The van der Waals surface area contributed by atoms with Crippen molar-refractivity contribution >= 4 is 17.5 Å². The van der Waals surface area contributed by atoms with Crippen molar-refractivity contribution in [3.05, 3.63) is 59.7 Å². The molecule has 26 heavy (non-hydrogen) atoms. The average Bonchev–Trinajstić information content (AvgIpc) is 2.55. The van der Waals surface area contributed by atoms with Crippen molar-refractivity contribution in [3.8, 4) is 0 Å². The topological polar surface area (TPSA) is 76.4 Å². The third kappa shape index (κ3) is 6.67. The SMILES string of the molecule is Cc1ccc(CC(CNC(=O)OC(C)(C)C)Nc2ccccc2N)cc1. The molecular formula is C21H29N3O2. The van der Waals surface area contributed by atoms with E-state index in [2.05, 4.69) is 41.8 Å². The van der Waals surface area contributed by atoms with Crippen molar-refractivity contribution in [2.24, 2.45) is 0 Å². The molecule has 0 saturated carbocycles. The van der Waals surface area contributed by atoms with Crippen molar-refractivity contribution in [2.45, 2.75) is 45.8 Å². The van der Waals surface area contributed by atoms with Crippen molar-refractivity contribution in [1.82, 2.24) is 5.32 Å². The van der Waals surface area contributed by atoms with Gasteiger partial charge in [-0.1, -0.05) is 42.0 Å². The van der Waals surface area contributed by atoms with E-state index in [1.165, 1.54) is 11.1 Å². The zero-order chi connectivity index (χ0) is 19.2. The molecule has 2 aromatic carbocycles. The second-order valence-electron chi connectivity index (χ2n) is 7.50. The van der Waals surface area contributed by atoms with Gasteiger partial charge in [-0.3, -0.25) is 0 Å². The summed E-state index contributed by atoms with van der Waals surface area (Å²) in [6.45, 7) is 8.03. The maximum atomic E-state index is 12.0. The lowest BCUT2D eigenvalue weighted by molar-refractivity contribution is 0.0525. The first-order valence-corrected chi connectivity index (χ1v) is 8.86. The summed E-state index contributed by atoms with van der Waals surface area (Å²) in [6.07, 6.45) is 0.332. The highest BCUT2D eigenvalue weighted by molar-refractivity contribution is 5.68. The molecule has 1 unspecified atom stereocenters. The van der Waals surface area contributed by atoms with Gasteiger partial charge in [0.05, 0.1) is 11.4 Å². The lowest BCUT2D eigenvalue weighted by atomic mass is 10.0. The quantitative estimate of drug-likeness (QED) is 0.681. The van der Waals surface area contributed by atoms with Crippen LogP contribution in [0, 0.1) is 6.92 Å². The van der Waals surface area contributed by atoms with E-state index in [9.17, 15) is 4.79 Å². The van der Waals surface area contributed by atoms with Crippen molar-refractivity contribution in [1.29, 1.82) is 0 Å². The molecule has 5 heteroatoms. The van der Waals surface area contributed by atoms with Crippen LogP contribution in [0.1, 0.15) is 31.9 Å². The predicted octanol–water partition coefficient (Wildman–Crippen LogP) is 4.13. The number of alkyl carbamates (subject to hydrolysis) is 1. The maximum Gasteiger partial charge on any atom is 0.407 e. The summed E-state index contributed by atoms with van der Waals surface area (Å²) in [5, 5.41) is 6.28. The average molecular weight is 355 g/mol. The molecule has 0 saturated heterocycles. The van der Waals surface area contributed by atoms with E-state index in [4.69, 9.17) is 10.5 Å². The number of nitrogens with one attached hydrogen (secondary N) is 2. The van der Waals surface area contributed by atoms with E-state index in [1.807, 2.05) is 45.0 Å². The number of amides is 1. The zero-order valence-corrected chi connectivity index (χ0v) is 16.0. The Balaban J connectivity index is 2.06. The Morgan fingerprint density at radius 3 is 2.38 bits per heavy atom. The highest BCUT2D eigenvalue weighted by Crippen LogP contribution is 2.19. The Morgan fingerprint density at radius 2 is 1.77 bits per heavy atom. The van der Waals surface area contributed by atoms with E-state index in [1.54, 1.807) is 0 Å². The van der Waals surface area contributed by atoms with Gasteiger partial charge in [-0.2, -0.15) is 0 Å². The fraction of sp³-hybridized carbons (Fsp3) is 0.381. The van der Waals surface area contributed by atoms with Crippen LogP contribution in [0.3, 0.4) is 0 Å². The van der Waals surface area contributed by atoms with Gasteiger partial charge in [0.1, 0.15) is 5.60 Å². The third-order valence-corrected chi connectivity index (χ3v) is 3.81. The van der Waals surface area contributed by atoms with E-state index >= 15 is 0 Å². The van der Waals surface area contributed by atoms with Gasteiger partial charge < -0.3 is 21.1 Å². The Kier molecular flexibility index (Phi) is 6.50. The number of carbonyl (C=O) groups excluding carboxylic acids is 1. The summed E-state index contributed by atoms with van der Waals surface area (Å²) in [5.74, 6) is 0. The number of rotatable bonds is 6. The largest absolute Gasteiger partial charge is 0.444 e. The summed E-state index contributed by atoms with van der Waals surface area (Å²) < 4.78 is 5.33. The number of hydrogen-bond donors (Lipinski definition) is 3. The van der Waals surface area contributed by atoms with Crippen LogP contribution in [0.4, 0.5) is 16.2 Å². The predicted molar refractivity (Wildman–Crippen MR) is 107 cm³/mol. The van der Waals surface area contributed by atoms with Gasteiger partial charge in [0.15, 0.2) is 0 Å². The van der Waals surface area contributed by atoms with Crippen LogP contribution < -0.4 is 16.4 Å². The fourth-order valence-electron chi connectivity index (χ4n) is 2.55. The fourth-order valence-corrected chi connectivity index (χ4v) is 2.55. The van der Waals surface area contributed by atoms with Crippen molar-refractivity contribution < 1.29 is 9.53 Å². The molecule has 1 atom stereocenters. The van der Waals surface area contributed by atoms with E-state index in [0.29, 0.717) is 12.2 Å². The van der Waals surface area contributed by atoms with Crippen LogP contribution in [0.15, 0.2) is 48.5 Å². The highest BCUT2D eigenvalue weighted by atomic mass is 16.6. The molecule has 0 aliphatic rings. The molecular weight excluding hydrogens is 326 g/mol. The molecule has 0 spiro atoms. The molecule has 0 aliphatic carbocycles. The van der Waals surface area contributed by atoms with Crippen LogP contribution in [0.2, 0.25) is 0 Å². The normalized spacial score (nSPS) is 12.3. The molecule has 2 rings (SSSR count). The van der Waals surface area contributed by atoms with Gasteiger partial charge in [-0.25, -0.2) is 4.79 Å². The smallest absolute Gasteiger partial charge is 0.407 e. The molecule has 0 fully saturated rings. The Hall–Kier alpha value is -2.69. The maximum absolute atomic E-state index is 12.0. The van der Waals surface area contributed by atoms with Crippen LogP contribution in [-0.4, -0.2) is 24.3 Å². The molecule has 0 radical (unpaired) electrons. The monoisotopic (exact) mass is 355 g/mol. The first-order chi connectivity index (χ1) is 12.2. The molecule has 0 bridgehead atoms. The third-order valence-electron chi connectivity index (χ3n) is 3.81. The molecule has 0 aliphatic heterocycles. The number of benzene rings is 2. The number of aryl methyl sites for hydroxylation is 1. The second-order valence-corrected chi connectivity index (χ2v) is 7.50. The summed E-state index contributed by atoms with van der Waals surface area (Å²) in [4.78, 5) is 12.0. The summed E-state index contributed by atoms with van der Waals surface area (Å²) >= 11 is 0. The Morgan fingerprint density at radius 1 is 1.12 bits per heavy atom. The molecule has 4 N–H and O–H groups in total. The minimum atomic E-state index is -0.520. The van der Waals surface area contributed by atoms with Crippen LogP contribution >= 0.6 is 0 Å².